The Balaban J connectivity index is 1.80. The summed E-state index contributed by atoms with van der Waals surface area (Å²) < 4.78 is 25.3. The zero-order valence-corrected chi connectivity index (χ0v) is 14.7. The molecule has 1 aliphatic rings. The maximum absolute atomic E-state index is 12.2. The van der Waals surface area contributed by atoms with Crippen molar-refractivity contribution in [3.05, 3.63) is 58.6 Å². The van der Waals surface area contributed by atoms with Gasteiger partial charge >= 0.3 is 0 Å². The monoisotopic (exact) mass is 364 g/mol. The minimum Gasteiger partial charge on any atom is -0.321 e. The predicted molar refractivity (Wildman–Crippen MR) is 96.3 cm³/mol. The Kier molecular flexibility index (Phi) is 4.51. The number of carbonyl (C=O) groups excluding carboxylic acids is 1. The third-order valence-electron chi connectivity index (χ3n) is 3.90. The van der Waals surface area contributed by atoms with E-state index in [-0.39, 0.29) is 11.7 Å². The molecule has 1 amide bonds. The SMILES string of the molecule is Cc1ccc(C(=O)Nc2ccc(N3CCCS3(=O)=O)cc2Cl)cc1. The van der Waals surface area contributed by atoms with Crippen LogP contribution in [0.25, 0.3) is 0 Å². The third kappa shape index (κ3) is 3.39. The second-order valence-corrected chi connectivity index (χ2v) is 8.15. The molecule has 24 heavy (non-hydrogen) atoms. The molecule has 0 unspecified atom stereocenters. The molecule has 0 saturated carbocycles. The Morgan fingerprint density at radius 1 is 1.17 bits per heavy atom. The fourth-order valence-electron chi connectivity index (χ4n) is 2.59. The number of sulfonamides is 1. The highest BCUT2D eigenvalue weighted by molar-refractivity contribution is 7.93. The van der Waals surface area contributed by atoms with Crippen LogP contribution in [0.4, 0.5) is 11.4 Å². The predicted octanol–water partition coefficient (Wildman–Crippen LogP) is 3.44. The molecule has 0 aliphatic carbocycles. The fraction of sp³-hybridized carbons (Fsp3) is 0.235. The van der Waals surface area contributed by atoms with E-state index in [0.29, 0.717) is 34.9 Å². The first-order valence-electron chi connectivity index (χ1n) is 7.55. The van der Waals surface area contributed by atoms with Gasteiger partial charge in [-0.1, -0.05) is 29.3 Å². The lowest BCUT2D eigenvalue weighted by Crippen LogP contribution is -2.25. The van der Waals surface area contributed by atoms with Crippen molar-refractivity contribution < 1.29 is 13.2 Å². The highest BCUT2D eigenvalue weighted by Crippen LogP contribution is 2.31. The third-order valence-corrected chi connectivity index (χ3v) is 6.08. The number of halogens is 1. The van der Waals surface area contributed by atoms with Crippen LogP contribution >= 0.6 is 11.6 Å². The van der Waals surface area contributed by atoms with Gasteiger partial charge in [0.2, 0.25) is 10.0 Å². The van der Waals surface area contributed by atoms with Crippen LogP contribution in [0.15, 0.2) is 42.5 Å². The normalized spacial score (nSPS) is 16.2. The molecule has 0 spiro atoms. The van der Waals surface area contributed by atoms with Crippen molar-refractivity contribution in [3.8, 4) is 0 Å². The maximum Gasteiger partial charge on any atom is 0.255 e. The summed E-state index contributed by atoms with van der Waals surface area (Å²) in [6.07, 6.45) is 0.603. The number of nitrogens with zero attached hydrogens (tertiary/aromatic N) is 1. The Bertz CT molecular complexity index is 879. The standard InChI is InChI=1S/C17H17ClN2O3S/c1-12-3-5-13(6-4-12)17(21)19-16-8-7-14(11-15(16)18)20-9-2-10-24(20,22)23/h3-8,11H,2,9-10H2,1H3,(H,19,21). The van der Waals surface area contributed by atoms with E-state index >= 15 is 0 Å². The number of hydrogen-bond donors (Lipinski definition) is 1. The molecule has 1 heterocycles. The van der Waals surface area contributed by atoms with Crippen LogP contribution in [0, 0.1) is 6.92 Å². The van der Waals surface area contributed by atoms with Gasteiger partial charge in [0.1, 0.15) is 0 Å². The largest absolute Gasteiger partial charge is 0.321 e. The van der Waals surface area contributed by atoms with Crippen molar-refractivity contribution in [2.45, 2.75) is 13.3 Å². The highest BCUT2D eigenvalue weighted by atomic mass is 35.5. The molecule has 2 aromatic rings. The van der Waals surface area contributed by atoms with Crippen molar-refractivity contribution in [2.24, 2.45) is 0 Å². The molecule has 126 valence electrons. The summed E-state index contributed by atoms with van der Waals surface area (Å²) in [5.41, 5.74) is 2.57. The number of carbonyl (C=O) groups is 1. The number of rotatable bonds is 3. The molecule has 0 bridgehead atoms. The number of benzene rings is 2. The van der Waals surface area contributed by atoms with Gasteiger partial charge in [-0.2, -0.15) is 0 Å². The van der Waals surface area contributed by atoms with Crippen LogP contribution in [-0.4, -0.2) is 26.6 Å². The van der Waals surface area contributed by atoms with E-state index in [1.807, 2.05) is 19.1 Å². The number of nitrogens with one attached hydrogen (secondary N) is 1. The van der Waals surface area contributed by atoms with Crippen molar-refractivity contribution in [1.82, 2.24) is 0 Å². The van der Waals surface area contributed by atoms with E-state index in [1.54, 1.807) is 30.3 Å². The number of amides is 1. The van der Waals surface area contributed by atoms with Gasteiger partial charge in [0.25, 0.3) is 5.91 Å². The number of aryl methyl sites for hydroxylation is 1. The first-order valence-corrected chi connectivity index (χ1v) is 9.53. The number of hydrogen-bond acceptors (Lipinski definition) is 3. The summed E-state index contributed by atoms with van der Waals surface area (Å²) in [6, 6.07) is 12.0. The molecule has 1 aliphatic heterocycles. The van der Waals surface area contributed by atoms with Crippen LogP contribution in [0.2, 0.25) is 5.02 Å². The van der Waals surface area contributed by atoms with Crippen LogP contribution in [-0.2, 0) is 10.0 Å². The molecule has 1 N–H and O–H groups in total. The second-order valence-electron chi connectivity index (χ2n) is 5.73. The zero-order valence-electron chi connectivity index (χ0n) is 13.1. The van der Waals surface area contributed by atoms with Gasteiger partial charge in [-0.25, -0.2) is 8.42 Å². The van der Waals surface area contributed by atoms with Gasteiger partial charge < -0.3 is 5.32 Å². The summed E-state index contributed by atoms with van der Waals surface area (Å²) in [7, 11) is -3.25. The number of anilines is 2. The van der Waals surface area contributed by atoms with Crippen LogP contribution in [0.5, 0.6) is 0 Å². The van der Waals surface area contributed by atoms with Crippen LogP contribution in [0.3, 0.4) is 0 Å². The first kappa shape index (κ1) is 16.8. The van der Waals surface area contributed by atoms with Crippen molar-refractivity contribution in [2.75, 3.05) is 21.9 Å². The summed E-state index contributed by atoms with van der Waals surface area (Å²) in [6.45, 7) is 2.40. The minimum absolute atomic E-state index is 0.149. The lowest BCUT2D eigenvalue weighted by Gasteiger charge is -2.18. The van der Waals surface area contributed by atoms with E-state index in [9.17, 15) is 13.2 Å². The topological polar surface area (TPSA) is 66.5 Å². The van der Waals surface area contributed by atoms with Gasteiger partial charge in [-0.05, 0) is 43.7 Å². The maximum atomic E-state index is 12.2. The Hall–Kier alpha value is -2.05. The lowest BCUT2D eigenvalue weighted by atomic mass is 10.1. The van der Waals surface area contributed by atoms with Gasteiger partial charge in [0.05, 0.1) is 22.2 Å². The Morgan fingerprint density at radius 3 is 2.46 bits per heavy atom. The molecular weight excluding hydrogens is 348 g/mol. The van der Waals surface area contributed by atoms with Crippen molar-refractivity contribution >= 4 is 38.9 Å². The molecule has 0 atom stereocenters. The molecule has 2 aromatic carbocycles. The molecule has 1 fully saturated rings. The molecule has 0 radical (unpaired) electrons. The Morgan fingerprint density at radius 2 is 1.88 bits per heavy atom. The zero-order chi connectivity index (χ0) is 17.3. The molecule has 0 aromatic heterocycles. The van der Waals surface area contributed by atoms with E-state index in [2.05, 4.69) is 5.32 Å². The van der Waals surface area contributed by atoms with E-state index < -0.39 is 10.0 Å². The quantitative estimate of drug-likeness (QED) is 0.907. The van der Waals surface area contributed by atoms with Gasteiger partial charge in [0, 0.05) is 12.1 Å². The van der Waals surface area contributed by atoms with Crippen LogP contribution < -0.4 is 9.62 Å². The van der Waals surface area contributed by atoms with Crippen molar-refractivity contribution in [3.63, 3.8) is 0 Å². The summed E-state index contributed by atoms with van der Waals surface area (Å²) in [4.78, 5) is 12.2. The Labute approximate surface area is 146 Å². The molecule has 7 heteroatoms. The molecule has 1 saturated heterocycles. The average molecular weight is 365 g/mol. The average Bonchev–Trinajstić information content (AvgIpc) is 2.89. The molecule has 3 rings (SSSR count). The van der Waals surface area contributed by atoms with Crippen molar-refractivity contribution in [1.29, 1.82) is 0 Å². The van der Waals surface area contributed by atoms with E-state index in [0.717, 1.165) is 5.56 Å². The van der Waals surface area contributed by atoms with E-state index in [4.69, 9.17) is 11.6 Å². The lowest BCUT2D eigenvalue weighted by molar-refractivity contribution is 0.102. The van der Waals surface area contributed by atoms with E-state index in [1.165, 1.54) is 4.31 Å². The smallest absolute Gasteiger partial charge is 0.255 e. The molecular formula is C17H17ClN2O3S. The molecule has 5 nitrogen and oxygen atoms in total. The summed E-state index contributed by atoms with van der Waals surface area (Å²) in [5.74, 6) is -0.116. The van der Waals surface area contributed by atoms with Gasteiger partial charge in [0.15, 0.2) is 0 Å². The summed E-state index contributed by atoms with van der Waals surface area (Å²) in [5, 5.41) is 3.05. The van der Waals surface area contributed by atoms with Crippen LogP contribution in [0.1, 0.15) is 22.3 Å². The van der Waals surface area contributed by atoms with Gasteiger partial charge in [-0.15, -0.1) is 0 Å². The highest BCUT2D eigenvalue weighted by Gasteiger charge is 2.28. The first-order chi connectivity index (χ1) is 11.4. The fourth-order valence-corrected chi connectivity index (χ4v) is 4.37. The van der Waals surface area contributed by atoms with Gasteiger partial charge in [-0.3, -0.25) is 9.10 Å². The minimum atomic E-state index is -3.25. The summed E-state index contributed by atoms with van der Waals surface area (Å²) >= 11 is 6.22. The second kappa shape index (κ2) is 6.45.